The van der Waals surface area contributed by atoms with Crippen LogP contribution in [0.5, 0.6) is 5.75 Å². The summed E-state index contributed by atoms with van der Waals surface area (Å²) in [5.74, 6) is 2.18. The van der Waals surface area contributed by atoms with Gasteiger partial charge in [-0.2, -0.15) is 4.98 Å². The Morgan fingerprint density at radius 1 is 1.16 bits per heavy atom. The number of piperidine rings is 1. The van der Waals surface area contributed by atoms with Gasteiger partial charge in [0.15, 0.2) is 0 Å². The minimum Gasteiger partial charge on any atom is -0.491 e. The normalized spacial score (nSPS) is 22.4. The van der Waals surface area contributed by atoms with Crippen molar-refractivity contribution in [2.45, 2.75) is 38.6 Å². The quantitative estimate of drug-likeness (QED) is 0.663. The Hall–Kier alpha value is -2.58. The molecule has 1 saturated heterocycles. The van der Waals surface area contributed by atoms with Gasteiger partial charge in [0.2, 0.25) is 5.95 Å². The maximum Gasteiger partial charge on any atom is 0.264 e. The molecule has 1 aliphatic heterocycles. The molecule has 0 unspecified atom stereocenters. The highest BCUT2D eigenvalue weighted by Gasteiger charge is 2.46. The van der Waals surface area contributed by atoms with E-state index in [2.05, 4.69) is 16.8 Å². The molecule has 1 saturated carbocycles. The minimum atomic E-state index is -0.146. The molecule has 2 aliphatic rings. The molecule has 2 fully saturated rings. The lowest BCUT2D eigenvalue weighted by atomic mass is 9.73. The van der Waals surface area contributed by atoms with Crippen molar-refractivity contribution >= 4 is 11.8 Å². The summed E-state index contributed by atoms with van der Waals surface area (Å²) in [6.45, 7) is 4.93. The maximum atomic E-state index is 13.2. The van der Waals surface area contributed by atoms with Crippen LogP contribution < -0.4 is 26.7 Å². The molecule has 0 bridgehead atoms. The predicted molar refractivity (Wildman–Crippen MR) is 127 cm³/mol. The zero-order chi connectivity index (χ0) is 22.9. The first-order valence-corrected chi connectivity index (χ1v) is 11.5. The third-order valence-corrected chi connectivity index (χ3v) is 7.45. The Morgan fingerprint density at radius 3 is 2.44 bits per heavy atom. The van der Waals surface area contributed by atoms with Crippen LogP contribution in [0.3, 0.4) is 0 Å². The van der Waals surface area contributed by atoms with Crippen molar-refractivity contribution in [1.29, 1.82) is 0 Å². The van der Waals surface area contributed by atoms with E-state index in [-0.39, 0.29) is 22.8 Å². The maximum absolute atomic E-state index is 13.2. The molecule has 4 N–H and O–H groups in total. The van der Waals surface area contributed by atoms with Crippen molar-refractivity contribution in [3.63, 3.8) is 0 Å². The third kappa shape index (κ3) is 4.09. The van der Waals surface area contributed by atoms with Crippen molar-refractivity contribution in [2.24, 2.45) is 24.1 Å². The predicted octanol–water partition coefficient (Wildman–Crippen LogP) is 2.40. The molecule has 0 amide bonds. The Labute approximate surface area is 189 Å². The van der Waals surface area contributed by atoms with Gasteiger partial charge in [0, 0.05) is 33.3 Å². The van der Waals surface area contributed by atoms with Crippen LogP contribution in [-0.4, -0.2) is 49.0 Å². The first-order chi connectivity index (χ1) is 15.4. The highest BCUT2D eigenvalue weighted by Crippen LogP contribution is 2.48. The average molecular weight is 442 g/mol. The summed E-state index contributed by atoms with van der Waals surface area (Å²) in [5, 5.41) is 0. The van der Waals surface area contributed by atoms with Gasteiger partial charge in [0.05, 0.1) is 12.2 Å². The number of ether oxygens (including phenoxy) is 2. The number of rotatable bonds is 6. The SMILES string of the molecule is COCCOc1ccc(-c2c(N)nc(N3CCC4(CC[C@@H](C)[C@H]4N)CC3)n(C)c2=O)cc1. The number of anilines is 2. The van der Waals surface area contributed by atoms with Gasteiger partial charge in [0.1, 0.15) is 18.2 Å². The summed E-state index contributed by atoms with van der Waals surface area (Å²) in [6.07, 6.45) is 4.46. The van der Waals surface area contributed by atoms with E-state index in [9.17, 15) is 4.79 Å². The number of aromatic nitrogens is 2. The second-order valence-electron chi connectivity index (χ2n) is 9.29. The summed E-state index contributed by atoms with van der Waals surface area (Å²) in [7, 11) is 3.40. The van der Waals surface area contributed by atoms with E-state index in [1.54, 1.807) is 18.7 Å². The Kier molecular flexibility index (Phi) is 6.44. The van der Waals surface area contributed by atoms with Crippen LogP contribution in [0.25, 0.3) is 11.1 Å². The van der Waals surface area contributed by atoms with Crippen molar-refractivity contribution in [3.8, 4) is 16.9 Å². The van der Waals surface area contributed by atoms with Crippen LogP contribution in [0, 0.1) is 11.3 Å². The van der Waals surface area contributed by atoms with Crippen LogP contribution in [0.1, 0.15) is 32.6 Å². The summed E-state index contributed by atoms with van der Waals surface area (Å²) in [5.41, 5.74) is 14.1. The first-order valence-electron chi connectivity index (χ1n) is 11.5. The van der Waals surface area contributed by atoms with Crippen LogP contribution in [0.4, 0.5) is 11.8 Å². The van der Waals surface area contributed by atoms with Gasteiger partial charge in [-0.15, -0.1) is 0 Å². The number of hydrogen-bond donors (Lipinski definition) is 2. The molecule has 8 nitrogen and oxygen atoms in total. The van der Waals surface area contributed by atoms with Crippen LogP contribution in [0.2, 0.25) is 0 Å². The van der Waals surface area contributed by atoms with Gasteiger partial charge in [-0.1, -0.05) is 19.1 Å². The van der Waals surface area contributed by atoms with E-state index in [0.717, 1.165) is 31.5 Å². The molecule has 1 spiro atoms. The average Bonchev–Trinajstić information content (AvgIpc) is 3.07. The first kappa shape index (κ1) is 22.6. The molecule has 174 valence electrons. The summed E-state index contributed by atoms with van der Waals surface area (Å²) >= 11 is 0. The lowest BCUT2D eigenvalue weighted by Crippen LogP contribution is -2.49. The van der Waals surface area contributed by atoms with E-state index in [1.807, 2.05) is 24.3 Å². The molecule has 4 rings (SSSR count). The fraction of sp³-hybridized carbons (Fsp3) is 0.583. The summed E-state index contributed by atoms with van der Waals surface area (Å²) in [6, 6.07) is 7.59. The van der Waals surface area contributed by atoms with Gasteiger partial charge in [-0.05, 0) is 54.7 Å². The van der Waals surface area contributed by atoms with E-state index in [0.29, 0.717) is 36.4 Å². The van der Waals surface area contributed by atoms with Gasteiger partial charge < -0.3 is 25.8 Å². The van der Waals surface area contributed by atoms with Gasteiger partial charge >= 0.3 is 0 Å². The fourth-order valence-electron chi connectivity index (χ4n) is 5.32. The van der Waals surface area contributed by atoms with Gasteiger partial charge in [-0.25, -0.2) is 0 Å². The Balaban J connectivity index is 1.53. The number of nitrogen functional groups attached to an aromatic ring is 1. The highest BCUT2D eigenvalue weighted by atomic mass is 16.5. The molecule has 1 aromatic heterocycles. The van der Waals surface area contributed by atoms with Crippen molar-refractivity contribution < 1.29 is 9.47 Å². The van der Waals surface area contributed by atoms with E-state index < -0.39 is 0 Å². The van der Waals surface area contributed by atoms with Crippen molar-refractivity contribution in [1.82, 2.24) is 9.55 Å². The van der Waals surface area contributed by atoms with Gasteiger partial charge in [0.25, 0.3) is 5.56 Å². The zero-order valence-corrected chi connectivity index (χ0v) is 19.3. The fourth-order valence-corrected chi connectivity index (χ4v) is 5.32. The van der Waals surface area contributed by atoms with Crippen LogP contribution in [-0.2, 0) is 11.8 Å². The zero-order valence-electron chi connectivity index (χ0n) is 19.3. The molecule has 32 heavy (non-hydrogen) atoms. The smallest absolute Gasteiger partial charge is 0.264 e. The second-order valence-corrected chi connectivity index (χ2v) is 9.29. The van der Waals surface area contributed by atoms with E-state index >= 15 is 0 Å². The monoisotopic (exact) mass is 441 g/mol. The third-order valence-electron chi connectivity index (χ3n) is 7.45. The Bertz CT molecular complexity index is 996. The molecule has 2 heterocycles. The lowest BCUT2D eigenvalue weighted by molar-refractivity contribution is 0.146. The summed E-state index contributed by atoms with van der Waals surface area (Å²) < 4.78 is 12.2. The second kappa shape index (κ2) is 9.11. The molecule has 2 atom stereocenters. The van der Waals surface area contributed by atoms with Crippen molar-refractivity contribution in [2.75, 3.05) is 44.0 Å². The summed E-state index contributed by atoms with van der Waals surface area (Å²) in [4.78, 5) is 20.1. The molecule has 2 aromatic rings. The van der Waals surface area contributed by atoms with E-state index in [1.165, 1.54) is 12.8 Å². The lowest BCUT2D eigenvalue weighted by Gasteiger charge is -2.43. The number of benzene rings is 1. The topological polar surface area (TPSA) is 109 Å². The molecular formula is C24H35N5O3. The van der Waals surface area contributed by atoms with Gasteiger partial charge in [-0.3, -0.25) is 9.36 Å². The minimum absolute atomic E-state index is 0.146. The Morgan fingerprint density at radius 2 is 1.84 bits per heavy atom. The number of nitrogens with zero attached hydrogens (tertiary/aromatic N) is 3. The van der Waals surface area contributed by atoms with Crippen LogP contribution >= 0.6 is 0 Å². The number of hydrogen-bond acceptors (Lipinski definition) is 7. The molecular weight excluding hydrogens is 406 g/mol. The largest absolute Gasteiger partial charge is 0.491 e. The molecule has 8 heteroatoms. The number of methoxy groups -OCH3 is 1. The number of nitrogens with two attached hydrogens (primary N) is 2. The molecule has 0 radical (unpaired) electrons. The molecule has 1 aliphatic carbocycles. The molecule has 1 aromatic carbocycles. The standard InChI is InChI=1S/C24H35N5O3/c1-16-8-9-24(20(16)25)10-12-29(13-11-24)23-27-21(26)19(22(30)28(23)2)17-4-6-18(7-5-17)32-15-14-31-3/h4-7,16,20H,8-15,25-26H2,1-3H3/t16-,20-/m1/s1. The highest BCUT2D eigenvalue weighted by molar-refractivity contribution is 5.74. The van der Waals surface area contributed by atoms with Crippen molar-refractivity contribution in [3.05, 3.63) is 34.6 Å². The van der Waals surface area contributed by atoms with E-state index in [4.69, 9.17) is 20.9 Å². The van der Waals surface area contributed by atoms with Crippen LogP contribution in [0.15, 0.2) is 29.1 Å².